The molecule has 3 heteroatoms. The Morgan fingerprint density at radius 2 is 1.27 bits per heavy atom. The van der Waals surface area contributed by atoms with Gasteiger partial charge in [-0.3, -0.25) is 4.98 Å². The number of para-hydroxylation sites is 1. The molecule has 0 radical (unpaired) electrons. The zero-order chi connectivity index (χ0) is 28.0. The molecule has 5 rings (SSSR count). The summed E-state index contributed by atoms with van der Waals surface area (Å²) in [6, 6.07) is 32.8. The van der Waals surface area contributed by atoms with E-state index in [0.717, 1.165) is 16.8 Å². The van der Waals surface area contributed by atoms with Crippen LogP contribution < -0.4 is 0 Å². The van der Waals surface area contributed by atoms with Crippen molar-refractivity contribution in [3.8, 4) is 0 Å². The molecule has 3 aromatic carbocycles. The molecule has 40 heavy (non-hydrogen) atoms. The van der Waals surface area contributed by atoms with Gasteiger partial charge in [0, 0.05) is 11.4 Å². The van der Waals surface area contributed by atoms with Gasteiger partial charge < -0.3 is 11.7 Å². The molecule has 0 bridgehead atoms. The van der Waals surface area contributed by atoms with Gasteiger partial charge in [-0.1, -0.05) is 94.6 Å². The molecule has 1 heterocycles. The van der Waals surface area contributed by atoms with Crippen molar-refractivity contribution < 1.29 is 25.8 Å². The Morgan fingerprint density at radius 1 is 0.750 bits per heavy atom. The van der Waals surface area contributed by atoms with Gasteiger partial charge in [0.1, 0.15) is 0 Å². The van der Waals surface area contributed by atoms with E-state index in [9.17, 15) is 0 Å². The summed E-state index contributed by atoms with van der Waals surface area (Å²) in [6.07, 6.45) is 6.16. The van der Waals surface area contributed by atoms with Gasteiger partial charge in [0.05, 0.1) is 0 Å². The molecule has 1 fully saturated rings. The zero-order valence-corrected chi connectivity index (χ0v) is 28.3. The van der Waals surface area contributed by atoms with Crippen LogP contribution >= 0.6 is 0 Å². The number of aromatic nitrogens is 1. The van der Waals surface area contributed by atoms with Crippen LogP contribution in [-0.4, -0.2) is 4.98 Å². The average Bonchev–Trinajstić information content (AvgIpc) is 3.49. The number of hydrogen-bond acceptors (Lipinski definition) is 1. The molecule has 0 aliphatic heterocycles. The molecular weight excluding hydrogens is 651 g/mol. The van der Waals surface area contributed by atoms with E-state index in [-0.39, 0.29) is 25.8 Å². The maximum absolute atomic E-state index is 5.01. The Hall–Kier alpha value is -2.78. The van der Waals surface area contributed by atoms with E-state index in [1.165, 1.54) is 41.8 Å². The van der Waals surface area contributed by atoms with Gasteiger partial charge in [-0.2, -0.15) is 55.7 Å². The molecule has 4 aromatic rings. The van der Waals surface area contributed by atoms with Gasteiger partial charge in [0.2, 0.25) is 0 Å². The molecule has 0 spiro atoms. The van der Waals surface area contributed by atoms with E-state index in [2.05, 4.69) is 84.4 Å². The zero-order valence-electron chi connectivity index (χ0n) is 24.7. The van der Waals surface area contributed by atoms with Gasteiger partial charge in [-0.25, -0.2) is 0 Å². The molecule has 1 aliphatic carbocycles. The molecule has 1 aromatic heterocycles. The van der Waals surface area contributed by atoms with Crippen molar-refractivity contribution in [1.82, 2.24) is 4.98 Å². The number of rotatable bonds is 6. The fourth-order valence-electron chi connectivity index (χ4n) is 4.65. The second-order valence-electron chi connectivity index (χ2n) is 10.7. The van der Waals surface area contributed by atoms with Crippen LogP contribution in [0.25, 0.3) is 5.32 Å². The molecule has 2 nitrogen and oxygen atoms in total. The van der Waals surface area contributed by atoms with E-state index in [4.69, 9.17) is 10.3 Å². The number of pyridine rings is 1. The van der Waals surface area contributed by atoms with Crippen molar-refractivity contribution in [3.05, 3.63) is 156 Å². The molecule has 0 saturated heterocycles. The van der Waals surface area contributed by atoms with Gasteiger partial charge in [-0.05, 0) is 24.0 Å². The average molecular weight is 695 g/mol. The first-order valence-electron chi connectivity index (χ1n) is 14.2. The van der Waals surface area contributed by atoms with Crippen LogP contribution in [0.4, 0.5) is 5.69 Å². The maximum atomic E-state index is 5.01. The molecule has 1 saturated carbocycles. The monoisotopic (exact) mass is 696 g/mol. The minimum Gasteiger partial charge on any atom is -0.679 e. The Labute approximate surface area is 262 Å². The third-order valence-electron chi connectivity index (χ3n) is 6.81. The van der Waals surface area contributed by atoms with E-state index < -0.39 is 0 Å². The first kappa shape index (κ1) is 33.4. The van der Waals surface area contributed by atoms with Gasteiger partial charge in [0.25, 0.3) is 0 Å². The van der Waals surface area contributed by atoms with Crippen LogP contribution in [0, 0.1) is 20.3 Å². The summed E-state index contributed by atoms with van der Waals surface area (Å²) in [4.78, 5) is 4.89. The topological polar surface area (TPSA) is 27.0 Å². The summed E-state index contributed by atoms with van der Waals surface area (Å²) in [5, 5.41) is 5.01. The second kappa shape index (κ2) is 17.8. The molecule has 206 valence electrons. The summed E-state index contributed by atoms with van der Waals surface area (Å²) < 4.78 is 0. The van der Waals surface area contributed by atoms with Crippen LogP contribution in [0.15, 0.2) is 97.1 Å². The van der Waals surface area contributed by atoms with Gasteiger partial charge >= 0.3 is 25.8 Å². The molecule has 1 unspecified atom stereocenters. The maximum Gasteiger partial charge on any atom is 4.00 e. The minimum atomic E-state index is 0. The van der Waals surface area contributed by atoms with E-state index in [1.54, 1.807) is 0 Å². The summed E-state index contributed by atoms with van der Waals surface area (Å²) in [6.45, 7) is 17.1. The predicted molar refractivity (Wildman–Crippen MR) is 168 cm³/mol. The van der Waals surface area contributed by atoms with Gasteiger partial charge in [-0.15, -0.1) is 35.9 Å². The van der Waals surface area contributed by atoms with Crippen molar-refractivity contribution in [3.63, 3.8) is 0 Å². The van der Waals surface area contributed by atoms with Crippen molar-refractivity contribution >= 4 is 5.69 Å². The molecule has 1 aliphatic rings. The third kappa shape index (κ3) is 11.0. The largest absolute Gasteiger partial charge is 4.00 e. The second-order valence-corrected chi connectivity index (χ2v) is 10.7. The number of nitrogens with zero attached hydrogens (tertiary/aromatic N) is 2. The van der Waals surface area contributed by atoms with E-state index >= 15 is 0 Å². The fraction of sp³-hybridized carbons (Fsp3) is 0.297. The summed E-state index contributed by atoms with van der Waals surface area (Å²) in [5.41, 5.74) is 8.28. The summed E-state index contributed by atoms with van der Waals surface area (Å²) in [5.74, 6) is 1.49. The smallest absolute Gasteiger partial charge is 0.679 e. The number of benzene rings is 3. The van der Waals surface area contributed by atoms with E-state index in [1.807, 2.05) is 60.7 Å². The summed E-state index contributed by atoms with van der Waals surface area (Å²) in [7, 11) is 0. The van der Waals surface area contributed by atoms with Crippen LogP contribution in [0.2, 0.25) is 0 Å². The van der Waals surface area contributed by atoms with E-state index in [0.29, 0.717) is 24.3 Å². The Bertz CT molecular complexity index is 1170. The van der Waals surface area contributed by atoms with Crippen LogP contribution in [0.3, 0.4) is 0 Å². The molecular formula is C37H44HfN2. The van der Waals surface area contributed by atoms with Crippen molar-refractivity contribution in [2.24, 2.45) is 0 Å². The standard InChI is InChI=1S/C23H30N2.2C7H7.Hf/c1-16(2)20-12-8-13-21(17(3)4)23(20)24-15-19-11-7-14-22(25-19)18-9-5-6-10-18;2*1-7-5-3-2-4-6-7;/h7-9,11-14,16-18H,5-6,10,15H2,1-4H3;2*2-6H,1H2;/q-2;2*-1;+4. The molecule has 1 atom stereocenters. The van der Waals surface area contributed by atoms with Crippen molar-refractivity contribution in [1.29, 1.82) is 0 Å². The predicted octanol–water partition coefficient (Wildman–Crippen LogP) is 10.7. The Morgan fingerprint density at radius 3 is 1.70 bits per heavy atom. The Kier molecular flexibility index (Phi) is 14.9. The van der Waals surface area contributed by atoms with Crippen LogP contribution in [0.5, 0.6) is 0 Å². The van der Waals surface area contributed by atoms with Gasteiger partial charge in [0.15, 0.2) is 0 Å². The van der Waals surface area contributed by atoms with Crippen molar-refractivity contribution in [2.75, 3.05) is 0 Å². The Balaban J connectivity index is 0.000000304. The SMILES string of the molecule is CC(C)c1cccc(C(C)C)c1[N-]Cc1cccc(C2[CH-]CCC2)n1.[CH2-]c1ccccc1.[CH2-]c1ccccc1.[Hf+4]. The molecule has 0 amide bonds. The first-order valence-corrected chi connectivity index (χ1v) is 14.2. The third-order valence-corrected chi connectivity index (χ3v) is 6.81. The van der Waals surface area contributed by atoms with Crippen LogP contribution in [-0.2, 0) is 32.4 Å². The normalized spacial score (nSPS) is 13.9. The van der Waals surface area contributed by atoms with Crippen LogP contribution in [0.1, 0.15) is 98.4 Å². The summed E-state index contributed by atoms with van der Waals surface area (Å²) >= 11 is 0. The fourth-order valence-corrected chi connectivity index (χ4v) is 4.65. The van der Waals surface area contributed by atoms with Crippen molar-refractivity contribution in [2.45, 2.75) is 71.3 Å². The minimum absolute atomic E-state index is 0. The first-order chi connectivity index (χ1) is 18.8. The molecule has 0 N–H and O–H groups in total. The number of hydrogen-bond donors (Lipinski definition) is 0. The quantitative estimate of drug-likeness (QED) is 0.146.